The molecule has 0 aliphatic heterocycles. The normalized spacial score (nSPS) is 15.0. The molecule has 0 saturated carbocycles. The van der Waals surface area contributed by atoms with E-state index in [1.54, 1.807) is 0 Å². The Labute approximate surface area is 164 Å². The third kappa shape index (κ3) is 6.77. The van der Waals surface area contributed by atoms with Crippen LogP contribution >= 0.6 is 0 Å². The first-order valence-corrected chi connectivity index (χ1v) is 15.1. The molecule has 0 aliphatic carbocycles. The summed E-state index contributed by atoms with van der Waals surface area (Å²) in [7, 11) is -3.95. The monoisotopic (exact) mass is 404 g/mol. The van der Waals surface area contributed by atoms with E-state index in [1.807, 2.05) is 0 Å². The van der Waals surface area contributed by atoms with Gasteiger partial charge in [-0.2, -0.15) is 0 Å². The summed E-state index contributed by atoms with van der Waals surface area (Å²) in [6.07, 6.45) is -0.202. The summed E-state index contributed by atoms with van der Waals surface area (Å²) < 4.78 is 18.6. The van der Waals surface area contributed by atoms with E-state index >= 15 is 0 Å². The van der Waals surface area contributed by atoms with Crippen LogP contribution < -0.4 is 0 Å². The van der Waals surface area contributed by atoms with E-state index in [-0.39, 0.29) is 23.7 Å². The van der Waals surface area contributed by atoms with Crippen molar-refractivity contribution >= 4 is 22.6 Å². The molecule has 0 rings (SSSR count). The van der Waals surface area contributed by atoms with Crippen LogP contribution in [0.1, 0.15) is 69.2 Å². The predicted molar refractivity (Wildman–Crippen MR) is 116 cm³/mol. The van der Waals surface area contributed by atoms with Crippen molar-refractivity contribution in [3.05, 3.63) is 0 Å². The van der Waals surface area contributed by atoms with Crippen molar-refractivity contribution in [2.24, 2.45) is 0 Å². The van der Waals surface area contributed by atoms with Crippen molar-refractivity contribution in [3.63, 3.8) is 0 Å². The maximum atomic E-state index is 11.4. The highest BCUT2D eigenvalue weighted by atomic mass is 28.4. The summed E-state index contributed by atoms with van der Waals surface area (Å²) in [4.78, 5) is 11.4. The molecule has 4 nitrogen and oxygen atoms in total. The zero-order valence-electron chi connectivity index (χ0n) is 19.4. The molecule has 0 unspecified atom stereocenters. The highest BCUT2D eigenvalue weighted by Gasteiger charge is 2.47. The lowest BCUT2D eigenvalue weighted by atomic mass is 10.2. The van der Waals surface area contributed by atoms with E-state index in [2.05, 4.69) is 75.4 Å². The average molecular weight is 405 g/mol. The fraction of sp³-hybridized carbons (Fsp3) is 0.950. The molecule has 26 heavy (non-hydrogen) atoms. The lowest BCUT2D eigenvalue weighted by Gasteiger charge is -2.45. The second-order valence-corrected chi connectivity index (χ2v) is 20.1. The quantitative estimate of drug-likeness (QED) is 0.324. The molecule has 0 N–H and O–H groups in total. The molecule has 156 valence electrons. The SMILES string of the molecule is CC(=O)OC[C@H](CO[Si](C)(C)C(C)(C)C)O[Si](C(C)C)(C(C)C)C(C)C. The molecule has 0 aliphatic rings. The van der Waals surface area contributed by atoms with Gasteiger partial charge in [0.15, 0.2) is 8.32 Å². The topological polar surface area (TPSA) is 44.8 Å². The number of carbonyl (C=O) groups excluding carboxylic acids is 1. The Bertz CT molecular complexity index is 418. The highest BCUT2D eigenvalue weighted by molar-refractivity contribution is 6.77. The van der Waals surface area contributed by atoms with Crippen LogP contribution in [0.5, 0.6) is 0 Å². The van der Waals surface area contributed by atoms with E-state index in [1.165, 1.54) is 6.92 Å². The summed E-state index contributed by atoms with van der Waals surface area (Å²) in [5.74, 6) is -0.267. The molecule has 0 heterocycles. The van der Waals surface area contributed by atoms with Crippen LogP contribution in [0.4, 0.5) is 0 Å². The van der Waals surface area contributed by atoms with Gasteiger partial charge in [-0.25, -0.2) is 0 Å². The first-order chi connectivity index (χ1) is 11.6. The van der Waals surface area contributed by atoms with Gasteiger partial charge < -0.3 is 13.6 Å². The zero-order valence-corrected chi connectivity index (χ0v) is 21.4. The largest absolute Gasteiger partial charge is 0.463 e. The summed E-state index contributed by atoms with van der Waals surface area (Å²) in [5.41, 5.74) is 1.44. The minimum Gasteiger partial charge on any atom is -0.463 e. The molecule has 0 aromatic rings. The lowest BCUT2D eigenvalue weighted by molar-refractivity contribution is -0.144. The van der Waals surface area contributed by atoms with Crippen LogP contribution in [0.15, 0.2) is 0 Å². The Hall–Kier alpha value is -0.176. The third-order valence-corrected chi connectivity index (χ3v) is 16.6. The van der Waals surface area contributed by atoms with Crippen molar-refractivity contribution in [1.82, 2.24) is 0 Å². The predicted octanol–water partition coefficient (Wildman–Crippen LogP) is 6.13. The van der Waals surface area contributed by atoms with Crippen molar-refractivity contribution in [3.8, 4) is 0 Å². The van der Waals surface area contributed by atoms with Crippen LogP contribution in [0, 0.1) is 0 Å². The molecule has 0 radical (unpaired) electrons. The number of esters is 1. The Kier molecular flexibility index (Phi) is 9.78. The van der Waals surface area contributed by atoms with Crippen LogP contribution in [-0.2, 0) is 18.4 Å². The fourth-order valence-corrected chi connectivity index (χ4v) is 10.1. The van der Waals surface area contributed by atoms with E-state index in [9.17, 15) is 4.79 Å². The van der Waals surface area contributed by atoms with Crippen molar-refractivity contribution in [2.45, 2.75) is 110 Å². The molecular weight excluding hydrogens is 360 g/mol. The molecular formula is C20H44O4Si2. The molecule has 6 heteroatoms. The lowest BCUT2D eigenvalue weighted by Crippen LogP contribution is -2.53. The molecule has 0 fully saturated rings. The standard InChI is InChI=1S/C20H44O4Si2/c1-15(2)26(16(3)4,17(5)6)24-19(13-22-18(7)21)14-23-25(11,12)20(8,9)10/h15-17,19H,13-14H2,1-12H3/t19-/m1/s1. The first-order valence-electron chi connectivity index (χ1n) is 10.0. The molecule has 0 bridgehead atoms. The van der Waals surface area contributed by atoms with E-state index in [0.717, 1.165) is 0 Å². The molecule has 0 spiro atoms. The minimum absolute atomic E-state index is 0.141. The summed E-state index contributed by atoms with van der Waals surface area (Å²) >= 11 is 0. The molecule has 0 amide bonds. The maximum absolute atomic E-state index is 11.4. The fourth-order valence-electron chi connectivity index (χ4n) is 3.54. The summed E-state index contributed by atoms with van der Waals surface area (Å²) in [6.45, 7) is 27.0. The van der Waals surface area contributed by atoms with Gasteiger partial charge in [-0.15, -0.1) is 0 Å². The molecule has 1 atom stereocenters. The number of rotatable bonds is 10. The number of ether oxygens (including phenoxy) is 1. The van der Waals surface area contributed by atoms with Crippen LogP contribution in [-0.4, -0.2) is 41.9 Å². The maximum Gasteiger partial charge on any atom is 0.302 e. The van der Waals surface area contributed by atoms with Gasteiger partial charge in [0.2, 0.25) is 8.32 Å². The highest BCUT2D eigenvalue weighted by Crippen LogP contribution is 2.43. The Morgan fingerprint density at radius 2 is 1.31 bits per heavy atom. The zero-order chi connectivity index (χ0) is 20.9. The Morgan fingerprint density at radius 3 is 1.62 bits per heavy atom. The Balaban J connectivity index is 5.50. The van der Waals surface area contributed by atoms with Gasteiger partial charge >= 0.3 is 5.97 Å². The van der Waals surface area contributed by atoms with Gasteiger partial charge in [0.05, 0.1) is 6.61 Å². The van der Waals surface area contributed by atoms with Gasteiger partial charge in [-0.1, -0.05) is 62.3 Å². The summed E-state index contributed by atoms with van der Waals surface area (Å²) in [5, 5.41) is 0.141. The van der Waals surface area contributed by atoms with Crippen LogP contribution in [0.3, 0.4) is 0 Å². The van der Waals surface area contributed by atoms with Gasteiger partial charge in [0.25, 0.3) is 0 Å². The number of carbonyl (C=O) groups is 1. The third-order valence-electron chi connectivity index (χ3n) is 5.99. The molecule has 0 aromatic carbocycles. The second kappa shape index (κ2) is 9.85. The number of hydrogen-bond donors (Lipinski definition) is 0. The number of hydrogen-bond acceptors (Lipinski definition) is 4. The van der Waals surface area contributed by atoms with E-state index in [4.69, 9.17) is 13.6 Å². The van der Waals surface area contributed by atoms with E-state index < -0.39 is 16.6 Å². The van der Waals surface area contributed by atoms with Crippen molar-refractivity contribution in [1.29, 1.82) is 0 Å². The van der Waals surface area contributed by atoms with Crippen molar-refractivity contribution < 1.29 is 18.4 Å². The Morgan fingerprint density at radius 1 is 0.885 bits per heavy atom. The van der Waals surface area contributed by atoms with Gasteiger partial charge in [0.1, 0.15) is 12.7 Å². The first kappa shape index (κ1) is 25.8. The van der Waals surface area contributed by atoms with Crippen molar-refractivity contribution in [2.75, 3.05) is 13.2 Å². The van der Waals surface area contributed by atoms with Gasteiger partial charge in [-0.05, 0) is 34.8 Å². The van der Waals surface area contributed by atoms with Crippen LogP contribution in [0.25, 0.3) is 0 Å². The van der Waals surface area contributed by atoms with Gasteiger partial charge in [0, 0.05) is 6.92 Å². The van der Waals surface area contributed by atoms with E-state index in [0.29, 0.717) is 23.2 Å². The molecule has 0 saturated heterocycles. The molecule has 0 aromatic heterocycles. The summed E-state index contributed by atoms with van der Waals surface area (Å²) in [6, 6.07) is 0. The van der Waals surface area contributed by atoms with Gasteiger partial charge in [-0.3, -0.25) is 4.79 Å². The smallest absolute Gasteiger partial charge is 0.302 e. The second-order valence-electron chi connectivity index (χ2n) is 9.93. The van der Waals surface area contributed by atoms with Crippen LogP contribution in [0.2, 0.25) is 34.8 Å². The average Bonchev–Trinajstić information content (AvgIpc) is 2.43. The minimum atomic E-state index is -2.06.